The molecule has 0 fully saturated rings. The number of nitrogens with two attached hydrogens (primary N) is 1. The maximum absolute atomic E-state index is 11.3. The number of hydrogen-bond donors (Lipinski definition) is 1. The molecule has 0 aliphatic carbocycles. The van der Waals surface area contributed by atoms with E-state index in [9.17, 15) is 8.42 Å². The van der Waals surface area contributed by atoms with Crippen LogP contribution in [0.25, 0.3) is 5.82 Å². The van der Waals surface area contributed by atoms with Crippen LogP contribution in [0.2, 0.25) is 0 Å². The number of rotatable bonds is 2. The molecule has 0 amide bonds. The monoisotopic (exact) mass is 267 g/mol. The Hall–Kier alpha value is -1.80. The Bertz CT molecular complexity index is 685. The van der Waals surface area contributed by atoms with Crippen LogP contribution in [0.5, 0.6) is 0 Å². The molecule has 0 aliphatic rings. The topological polar surface area (TPSA) is 104 Å². The molecule has 7 nitrogen and oxygen atoms in total. The van der Waals surface area contributed by atoms with E-state index < -0.39 is 10.0 Å². The van der Waals surface area contributed by atoms with Gasteiger partial charge in [-0.15, -0.1) is 0 Å². The summed E-state index contributed by atoms with van der Waals surface area (Å²) in [4.78, 5) is 8.36. The number of primary sulfonamides is 1. The van der Waals surface area contributed by atoms with Crippen molar-refractivity contribution in [3.8, 4) is 5.82 Å². The second kappa shape index (κ2) is 4.14. The zero-order valence-corrected chi connectivity index (χ0v) is 11.1. The molecule has 18 heavy (non-hydrogen) atoms. The van der Waals surface area contributed by atoms with Crippen molar-refractivity contribution in [2.75, 3.05) is 0 Å². The fraction of sp³-hybridized carbons (Fsp3) is 0.300. The average Bonchev–Trinajstić information content (AvgIpc) is 2.57. The Labute approximate surface area is 105 Å². The second-order valence-electron chi connectivity index (χ2n) is 3.97. The van der Waals surface area contributed by atoms with Crippen LogP contribution >= 0.6 is 0 Å². The quantitative estimate of drug-likeness (QED) is 0.839. The van der Waals surface area contributed by atoms with E-state index in [1.165, 1.54) is 10.9 Å². The minimum absolute atomic E-state index is 0.00332. The molecule has 2 N–H and O–H groups in total. The van der Waals surface area contributed by atoms with E-state index in [4.69, 9.17) is 5.14 Å². The van der Waals surface area contributed by atoms with Crippen molar-refractivity contribution >= 4 is 10.0 Å². The third kappa shape index (κ3) is 2.24. The summed E-state index contributed by atoms with van der Waals surface area (Å²) in [5.41, 5.74) is 1.21. The third-order valence-corrected chi connectivity index (χ3v) is 3.45. The van der Waals surface area contributed by atoms with Crippen LogP contribution in [0, 0.1) is 20.8 Å². The Balaban J connectivity index is 2.63. The van der Waals surface area contributed by atoms with Gasteiger partial charge in [-0.05, 0) is 20.8 Å². The van der Waals surface area contributed by atoms with Crippen LogP contribution in [0.4, 0.5) is 0 Å². The number of aryl methyl sites for hydroxylation is 2. The van der Waals surface area contributed by atoms with E-state index in [2.05, 4.69) is 15.1 Å². The van der Waals surface area contributed by atoms with Crippen LogP contribution in [0.3, 0.4) is 0 Å². The molecule has 0 saturated heterocycles. The number of aromatic nitrogens is 4. The maximum atomic E-state index is 11.3. The summed E-state index contributed by atoms with van der Waals surface area (Å²) >= 11 is 0. The van der Waals surface area contributed by atoms with Crippen molar-refractivity contribution in [1.82, 2.24) is 19.7 Å². The van der Waals surface area contributed by atoms with Gasteiger partial charge in [0.1, 0.15) is 10.7 Å². The molecule has 2 aromatic heterocycles. The van der Waals surface area contributed by atoms with Crippen LogP contribution in [0.1, 0.15) is 17.2 Å². The summed E-state index contributed by atoms with van der Waals surface area (Å²) in [6.07, 6.45) is 1.22. The molecular formula is C10H13N5O2S. The third-order valence-electron chi connectivity index (χ3n) is 2.44. The Kier molecular flexibility index (Phi) is 2.91. The first-order chi connectivity index (χ1) is 8.29. The van der Waals surface area contributed by atoms with Gasteiger partial charge in [-0.3, -0.25) is 0 Å². The molecule has 0 atom stereocenters. The summed E-state index contributed by atoms with van der Waals surface area (Å²) in [5, 5.41) is 9.10. The number of nitrogens with zero attached hydrogens (tertiary/aromatic N) is 4. The summed E-state index contributed by atoms with van der Waals surface area (Å²) in [6, 6.07) is 1.72. The van der Waals surface area contributed by atoms with Gasteiger partial charge < -0.3 is 0 Å². The van der Waals surface area contributed by atoms with E-state index in [-0.39, 0.29) is 4.90 Å². The molecule has 8 heteroatoms. The van der Waals surface area contributed by atoms with Gasteiger partial charge in [-0.25, -0.2) is 28.2 Å². The first-order valence-electron chi connectivity index (χ1n) is 5.19. The van der Waals surface area contributed by atoms with Gasteiger partial charge in [-0.2, -0.15) is 5.10 Å². The summed E-state index contributed by atoms with van der Waals surface area (Å²) in [7, 11) is -3.77. The lowest BCUT2D eigenvalue weighted by molar-refractivity contribution is 0.597. The van der Waals surface area contributed by atoms with Crippen molar-refractivity contribution < 1.29 is 8.42 Å². The van der Waals surface area contributed by atoms with Gasteiger partial charge in [-0.1, -0.05) is 0 Å². The van der Waals surface area contributed by atoms with Crippen molar-refractivity contribution in [1.29, 1.82) is 0 Å². The Morgan fingerprint density at radius 2 is 1.89 bits per heavy atom. The minimum Gasteiger partial charge on any atom is -0.238 e. The molecule has 0 aromatic carbocycles. The lowest BCUT2D eigenvalue weighted by atomic mass is 10.4. The van der Waals surface area contributed by atoms with Gasteiger partial charge in [0.2, 0.25) is 10.0 Å². The highest BCUT2D eigenvalue weighted by Crippen LogP contribution is 2.16. The molecule has 2 heterocycles. The van der Waals surface area contributed by atoms with E-state index in [0.717, 1.165) is 5.69 Å². The Morgan fingerprint density at radius 3 is 2.39 bits per heavy atom. The lowest BCUT2D eigenvalue weighted by Crippen LogP contribution is -2.13. The molecule has 2 rings (SSSR count). The predicted octanol–water partition coefficient (Wildman–Crippen LogP) is 0.235. The zero-order chi connectivity index (χ0) is 13.5. The molecule has 96 valence electrons. The second-order valence-corrected chi connectivity index (χ2v) is 5.50. The standard InChI is InChI=1S/C10H13N5O2S/c1-6-4-10(14-8(3)13-6)15-7(2)9(5-12-15)18(11,16)17/h4-5H,1-3H3,(H2,11,16,17). The largest absolute Gasteiger partial charge is 0.241 e. The van der Waals surface area contributed by atoms with Crippen molar-refractivity contribution in [2.45, 2.75) is 25.7 Å². The SMILES string of the molecule is Cc1cc(-n2ncc(S(N)(=O)=O)c2C)nc(C)n1. The molecule has 0 saturated carbocycles. The van der Waals surface area contributed by atoms with Crippen LogP contribution < -0.4 is 5.14 Å². The van der Waals surface area contributed by atoms with E-state index in [1.54, 1.807) is 19.9 Å². The normalized spacial score (nSPS) is 11.8. The van der Waals surface area contributed by atoms with Crippen molar-refractivity contribution in [3.63, 3.8) is 0 Å². The van der Waals surface area contributed by atoms with Crippen LogP contribution in [-0.4, -0.2) is 28.2 Å². The van der Waals surface area contributed by atoms with Crippen LogP contribution in [-0.2, 0) is 10.0 Å². The van der Waals surface area contributed by atoms with E-state index in [1.807, 2.05) is 6.92 Å². The zero-order valence-electron chi connectivity index (χ0n) is 10.2. The first-order valence-corrected chi connectivity index (χ1v) is 6.74. The molecular weight excluding hydrogens is 254 g/mol. The fourth-order valence-corrected chi connectivity index (χ4v) is 2.40. The maximum Gasteiger partial charge on any atom is 0.241 e. The summed E-state index contributed by atoms with van der Waals surface area (Å²) in [6.45, 7) is 5.22. The number of sulfonamides is 1. The molecule has 2 aromatic rings. The molecule has 0 unspecified atom stereocenters. The van der Waals surface area contributed by atoms with Gasteiger partial charge >= 0.3 is 0 Å². The lowest BCUT2D eigenvalue weighted by Gasteiger charge is -2.05. The van der Waals surface area contributed by atoms with Crippen LogP contribution in [0.15, 0.2) is 17.2 Å². The molecule has 0 bridgehead atoms. The smallest absolute Gasteiger partial charge is 0.238 e. The highest BCUT2D eigenvalue weighted by molar-refractivity contribution is 7.89. The van der Waals surface area contributed by atoms with E-state index >= 15 is 0 Å². The van der Waals surface area contributed by atoms with E-state index in [0.29, 0.717) is 17.3 Å². The van der Waals surface area contributed by atoms with Crippen molar-refractivity contribution in [3.05, 3.63) is 29.5 Å². The molecule has 0 radical (unpaired) electrons. The molecule has 0 spiro atoms. The highest BCUT2D eigenvalue weighted by Gasteiger charge is 2.18. The van der Waals surface area contributed by atoms with Gasteiger partial charge in [0, 0.05) is 11.8 Å². The van der Waals surface area contributed by atoms with Gasteiger partial charge in [0.05, 0.1) is 11.9 Å². The van der Waals surface area contributed by atoms with Gasteiger partial charge in [0.15, 0.2) is 5.82 Å². The molecule has 0 aliphatic heterocycles. The highest BCUT2D eigenvalue weighted by atomic mass is 32.2. The predicted molar refractivity (Wildman–Crippen MR) is 64.7 cm³/mol. The summed E-state index contributed by atoms with van der Waals surface area (Å²) in [5.74, 6) is 1.12. The number of hydrogen-bond acceptors (Lipinski definition) is 5. The van der Waals surface area contributed by atoms with Crippen molar-refractivity contribution in [2.24, 2.45) is 5.14 Å². The summed E-state index contributed by atoms with van der Waals surface area (Å²) < 4.78 is 24.1. The first kappa shape index (κ1) is 12.7. The fourth-order valence-electron chi connectivity index (χ4n) is 1.71. The minimum atomic E-state index is -3.77. The Morgan fingerprint density at radius 1 is 1.22 bits per heavy atom. The van der Waals surface area contributed by atoms with Gasteiger partial charge in [0.25, 0.3) is 0 Å². The average molecular weight is 267 g/mol.